The molecule has 1 aliphatic carbocycles. The molecule has 192 valence electrons. The molecule has 2 unspecified atom stereocenters. The van der Waals surface area contributed by atoms with Gasteiger partial charge in [-0.2, -0.15) is 0 Å². The van der Waals surface area contributed by atoms with Gasteiger partial charge in [-0.3, -0.25) is 13.8 Å². The molecule has 1 saturated carbocycles. The minimum absolute atomic E-state index is 0.0508. The Hall–Kier alpha value is -3.08. The summed E-state index contributed by atoms with van der Waals surface area (Å²) in [5, 5.41) is 12.4. The van der Waals surface area contributed by atoms with Gasteiger partial charge in [0, 0.05) is 30.4 Å². The summed E-state index contributed by atoms with van der Waals surface area (Å²) in [5.41, 5.74) is 4.02. The van der Waals surface area contributed by atoms with E-state index in [2.05, 4.69) is 5.32 Å². The number of aryl methyl sites for hydroxylation is 1. The number of carbonyl (C=O) groups excluding carboxylic acids is 1. The van der Waals surface area contributed by atoms with Crippen LogP contribution in [0.15, 0.2) is 34.7 Å². The van der Waals surface area contributed by atoms with Crippen LogP contribution in [0, 0.1) is 12.8 Å². The largest absolute Gasteiger partial charge is 0.760 e. The molecule has 1 fully saturated rings. The minimum atomic E-state index is -2.50. The normalized spacial score (nSPS) is 15.2. The van der Waals surface area contributed by atoms with Gasteiger partial charge in [0.2, 0.25) is 5.71 Å². The summed E-state index contributed by atoms with van der Waals surface area (Å²) in [7, 11) is 1.57. The molecule has 2 N–H and O–H groups in total. The van der Waals surface area contributed by atoms with Crippen LogP contribution in [0.4, 0.5) is 0 Å². The Labute approximate surface area is 212 Å². The lowest BCUT2D eigenvalue weighted by atomic mass is 10.0. The number of hydrogen-bond donors (Lipinski definition) is 2. The average Bonchev–Trinajstić information content (AvgIpc) is 3.63. The fourth-order valence-corrected chi connectivity index (χ4v) is 4.78. The van der Waals surface area contributed by atoms with Crippen LogP contribution in [-0.4, -0.2) is 48.6 Å². The predicted octanol–water partition coefficient (Wildman–Crippen LogP) is 4.14. The van der Waals surface area contributed by atoms with Crippen molar-refractivity contribution in [3.8, 4) is 11.3 Å². The fourth-order valence-electron chi connectivity index (χ4n) is 4.28. The van der Waals surface area contributed by atoms with Crippen LogP contribution in [0.5, 0.6) is 0 Å². The van der Waals surface area contributed by atoms with Gasteiger partial charge in [-0.25, -0.2) is 9.29 Å². The smallest absolute Gasteiger partial charge is 0.306 e. The summed E-state index contributed by atoms with van der Waals surface area (Å²) < 4.78 is 31.3. The second kappa shape index (κ2) is 10.9. The van der Waals surface area contributed by atoms with Crippen LogP contribution >= 0.6 is 0 Å². The molecule has 0 radical (unpaired) electrons. The highest BCUT2D eigenvalue weighted by Gasteiger charge is 2.31. The number of carboxylic acids is 1. The number of aliphatic carboxylic acids is 1. The van der Waals surface area contributed by atoms with Crippen LogP contribution in [-0.2, 0) is 22.6 Å². The van der Waals surface area contributed by atoms with Crippen LogP contribution in [0.2, 0.25) is 0 Å². The highest BCUT2D eigenvalue weighted by molar-refractivity contribution is 7.76. The highest BCUT2D eigenvalue weighted by Crippen LogP contribution is 2.44. The highest BCUT2D eigenvalue weighted by atomic mass is 32.2. The monoisotopic (exact) mass is 512 g/mol. The van der Waals surface area contributed by atoms with Gasteiger partial charge in [-0.1, -0.05) is 36.8 Å². The molecular formula is C26H30N3O6S-. The topological polar surface area (TPSA) is 136 Å². The van der Waals surface area contributed by atoms with E-state index in [1.165, 1.54) is 4.31 Å². The van der Waals surface area contributed by atoms with Crippen molar-refractivity contribution in [1.29, 1.82) is 0 Å². The van der Waals surface area contributed by atoms with Crippen LogP contribution in [0.3, 0.4) is 0 Å². The first-order chi connectivity index (χ1) is 17.2. The van der Waals surface area contributed by atoms with E-state index in [4.69, 9.17) is 14.5 Å². The Morgan fingerprint density at radius 3 is 2.58 bits per heavy atom. The van der Waals surface area contributed by atoms with Gasteiger partial charge in [0.25, 0.3) is 5.91 Å². The number of pyridine rings is 1. The number of carbonyl (C=O) groups is 2. The van der Waals surface area contributed by atoms with Gasteiger partial charge in [-0.05, 0) is 50.2 Å². The Kier molecular flexibility index (Phi) is 7.87. The summed E-state index contributed by atoms with van der Waals surface area (Å²) >= 11 is -2.50. The predicted molar refractivity (Wildman–Crippen MR) is 135 cm³/mol. The Bertz CT molecular complexity index is 1300. The second-order valence-corrected chi connectivity index (χ2v) is 10.3. The van der Waals surface area contributed by atoms with Crippen molar-refractivity contribution < 1.29 is 27.9 Å². The molecule has 2 heterocycles. The maximum atomic E-state index is 12.9. The van der Waals surface area contributed by atoms with Crippen LogP contribution in [0.25, 0.3) is 22.4 Å². The molecule has 3 aromatic rings. The molecule has 2 atom stereocenters. The summed E-state index contributed by atoms with van der Waals surface area (Å²) in [5.74, 6) is -1.06. The van der Waals surface area contributed by atoms with Crippen molar-refractivity contribution in [3.63, 3.8) is 0 Å². The third-order valence-electron chi connectivity index (χ3n) is 6.58. The van der Waals surface area contributed by atoms with Gasteiger partial charge >= 0.3 is 5.97 Å². The van der Waals surface area contributed by atoms with E-state index in [-0.39, 0.29) is 30.6 Å². The summed E-state index contributed by atoms with van der Waals surface area (Å²) in [6.07, 6.45) is 2.73. The number of nitrogens with one attached hydrogen (secondary N) is 1. The van der Waals surface area contributed by atoms with E-state index >= 15 is 0 Å². The number of benzene rings is 1. The van der Waals surface area contributed by atoms with Crippen molar-refractivity contribution in [2.75, 3.05) is 13.6 Å². The third kappa shape index (κ3) is 5.66. The second-order valence-electron chi connectivity index (χ2n) is 9.36. The maximum Gasteiger partial charge on any atom is 0.306 e. The van der Waals surface area contributed by atoms with Crippen molar-refractivity contribution in [1.82, 2.24) is 14.6 Å². The lowest BCUT2D eigenvalue weighted by Crippen LogP contribution is -2.28. The summed E-state index contributed by atoms with van der Waals surface area (Å²) in [6.45, 7) is 3.82. The van der Waals surface area contributed by atoms with Crippen molar-refractivity contribution >= 4 is 34.2 Å². The van der Waals surface area contributed by atoms with Gasteiger partial charge in [-0.15, -0.1) is 0 Å². The van der Waals surface area contributed by atoms with Gasteiger partial charge < -0.3 is 19.4 Å². The molecular weight excluding hydrogens is 482 g/mol. The van der Waals surface area contributed by atoms with Gasteiger partial charge in [0.15, 0.2) is 0 Å². The van der Waals surface area contributed by atoms with E-state index in [1.54, 1.807) is 14.0 Å². The fraction of sp³-hybridized carbons (Fsp3) is 0.423. The summed E-state index contributed by atoms with van der Waals surface area (Å²) in [6, 6.07) is 9.58. The molecule has 1 aromatic carbocycles. The molecule has 0 aliphatic heterocycles. The number of carboxylic acid groups (broad SMARTS) is 1. The zero-order chi connectivity index (χ0) is 26.0. The van der Waals surface area contributed by atoms with Crippen LogP contribution < -0.4 is 5.32 Å². The molecule has 4 rings (SSSR count). The Morgan fingerprint density at radius 1 is 1.31 bits per heavy atom. The Morgan fingerprint density at radius 2 is 2.00 bits per heavy atom. The van der Waals surface area contributed by atoms with E-state index in [0.29, 0.717) is 35.2 Å². The quantitative estimate of drug-likeness (QED) is 0.369. The summed E-state index contributed by atoms with van der Waals surface area (Å²) in [4.78, 5) is 28.7. The number of hydrogen-bond acceptors (Lipinski definition) is 6. The first-order valence-corrected chi connectivity index (χ1v) is 13.0. The number of fused-ring (bicyclic) bond motifs is 1. The number of nitrogens with zero attached hydrogens (tertiary/aromatic N) is 2. The van der Waals surface area contributed by atoms with E-state index in [0.717, 1.165) is 29.5 Å². The van der Waals surface area contributed by atoms with Gasteiger partial charge in [0.1, 0.15) is 5.76 Å². The number of aromatic nitrogens is 1. The molecule has 1 amide bonds. The molecule has 9 nitrogen and oxygen atoms in total. The molecule has 0 bridgehead atoms. The SMILES string of the molecule is CNC(=O)c1c(-c2ccc(C)cc2)oc2nc(CN(CCCC(C)C(=O)O)S(=O)[O-])c(C3CC3)cc12. The minimum Gasteiger partial charge on any atom is -0.760 e. The number of furan rings is 1. The van der Waals surface area contributed by atoms with Crippen molar-refractivity contribution in [3.05, 3.63) is 52.7 Å². The van der Waals surface area contributed by atoms with E-state index in [1.807, 2.05) is 37.3 Å². The first kappa shape index (κ1) is 26.0. The zero-order valence-electron chi connectivity index (χ0n) is 20.6. The Balaban J connectivity index is 1.72. The van der Waals surface area contributed by atoms with Crippen molar-refractivity contribution in [2.24, 2.45) is 5.92 Å². The maximum absolute atomic E-state index is 12.9. The van der Waals surface area contributed by atoms with Crippen LogP contribution in [0.1, 0.15) is 65.7 Å². The molecule has 1 aliphatic rings. The lowest BCUT2D eigenvalue weighted by Gasteiger charge is -2.25. The van der Waals surface area contributed by atoms with E-state index in [9.17, 15) is 18.4 Å². The average molecular weight is 513 g/mol. The number of amides is 1. The molecule has 0 spiro atoms. The first-order valence-electron chi connectivity index (χ1n) is 12.0. The number of rotatable bonds is 11. The lowest BCUT2D eigenvalue weighted by molar-refractivity contribution is -0.141. The van der Waals surface area contributed by atoms with Crippen molar-refractivity contribution in [2.45, 2.75) is 52.0 Å². The molecule has 36 heavy (non-hydrogen) atoms. The van der Waals surface area contributed by atoms with Gasteiger partial charge in [0.05, 0.1) is 29.1 Å². The molecule has 10 heteroatoms. The third-order valence-corrected chi connectivity index (χ3v) is 7.32. The molecule has 2 aromatic heterocycles. The zero-order valence-corrected chi connectivity index (χ0v) is 21.4. The molecule has 0 saturated heterocycles. The standard InChI is InChI=1S/C26H31N3O6S/c1-15-6-8-18(9-7-15)23-22(24(30)27-3)20-13-19(17-10-11-17)21(28-25(20)35-23)14-29(36(33)34)12-4-5-16(2)26(31)32/h6-9,13,16-17H,4-5,10-12,14H2,1-3H3,(H,27,30)(H,31,32)(H,33,34)/p-1. The van der Waals surface area contributed by atoms with E-state index < -0.39 is 23.2 Å².